The molecule has 3 N–H and O–H groups in total. The first kappa shape index (κ1) is 13.9. The van der Waals surface area contributed by atoms with Crippen molar-refractivity contribution in [2.45, 2.75) is 70.8 Å². The summed E-state index contributed by atoms with van der Waals surface area (Å²) in [5.74, 6) is 3.29. The third-order valence-electron chi connectivity index (χ3n) is 6.31. The van der Waals surface area contributed by atoms with Crippen LogP contribution in [0.2, 0.25) is 0 Å². The Labute approximate surface area is 118 Å². The molecule has 0 aliphatic heterocycles. The molecule has 0 saturated heterocycles. The summed E-state index contributed by atoms with van der Waals surface area (Å²) in [6, 6.07) is 0. The highest BCUT2D eigenvalue weighted by Crippen LogP contribution is 2.61. The van der Waals surface area contributed by atoms with E-state index in [1.54, 1.807) is 0 Å². The van der Waals surface area contributed by atoms with Crippen LogP contribution in [0, 0.1) is 29.1 Å². The maximum atomic E-state index is 10.6. The molecule has 2 atom stereocenters. The predicted octanol–water partition coefficient (Wildman–Crippen LogP) is 3.33. The number of rotatable bonds is 6. The average molecular weight is 265 g/mol. The van der Waals surface area contributed by atoms with Crippen LogP contribution in [-0.2, 0) is 0 Å². The first-order valence-corrected chi connectivity index (χ1v) is 8.52. The molecule has 0 radical (unpaired) electrons. The molecule has 2 nitrogen and oxygen atoms in total. The van der Waals surface area contributed by atoms with Gasteiger partial charge in [0.1, 0.15) is 0 Å². The van der Waals surface area contributed by atoms with E-state index in [-0.39, 0.29) is 6.10 Å². The monoisotopic (exact) mass is 265 g/mol. The van der Waals surface area contributed by atoms with Crippen molar-refractivity contribution in [1.29, 1.82) is 0 Å². The van der Waals surface area contributed by atoms with Crippen molar-refractivity contribution in [3.05, 3.63) is 0 Å². The number of aliphatic hydroxyl groups is 1. The number of nitrogens with two attached hydrogens (primary N) is 1. The largest absolute Gasteiger partial charge is 0.393 e. The molecule has 4 aliphatic rings. The van der Waals surface area contributed by atoms with Gasteiger partial charge in [0.25, 0.3) is 0 Å². The third kappa shape index (κ3) is 2.71. The van der Waals surface area contributed by atoms with Gasteiger partial charge in [0, 0.05) is 0 Å². The van der Waals surface area contributed by atoms with E-state index in [1.165, 1.54) is 38.5 Å². The van der Waals surface area contributed by atoms with Gasteiger partial charge in [-0.25, -0.2) is 0 Å². The number of hydrogen-bond donors (Lipinski definition) is 2. The fraction of sp³-hybridized carbons (Fsp3) is 1.00. The van der Waals surface area contributed by atoms with Crippen molar-refractivity contribution < 1.29 is 5.11 Å². The predicted molar refractivity (Wildman–Crippen MR) is 78.7 cm³/mol. The minimum Gasteiger partial charge on any atom is -0.393 e. The Bertz CT molecular complexity index is 279. The van der Waals surface area contributed by atoms with Crippen LogP contribution in [0.1, 0.15) is 64.7 Å². The van der Waals surface area contributed by atoms with E-state index in [4.69, 9.17) is 5.73 Å². The van der Waals surface area contributed by atoms with E-state index in [9.17, 15) is 5.11 Å². The Morgan fingerprint density at radius 1 is 1.11 bits per heavy atom. The van der Waals surface area contributed by atoms with Crippen LogP contribution >= 0.6 is 0 Å². The lowest BCUT2D eigenvalue weighted by molar-refractivity contribution is -0.0833. The first-order valence-electron chi connectivity index (χ1n) is 8.52. The maximum Gasteiger partial charge on any atom is 0.0585 e. The molecule has 19 heavy (non-hydrogen) atoms. The SMILES string of the molecule is CCCC(CN)C(O)CC12CC3CC(CC(C3)C1)C2. The normalized spacial score (nSPS) is 43.4. The molecule has 0 amide bonds. The molecule has 4 fully saturated rings. The Morgan fingerprint density at radius 2 is 1.63 bits per heavy atom. The van der Waals surface area contributed by atoms with Gasteiger partial charge in [-0.2, -0.15) is 0 Å². The fourth-order valence-corrected chi connectivity index (χ4v) is 5.99. The van der Waals surface area contributed by atoms with Gasteiger partial charge < -0.3 is 10.8 Å². The Kier molecular flexibility index (Phi) is 3.92. The van der Waals surface area contributed by atoms with Gasteiger partial charge >= 0.3 is 0 Å². The Hall–Kier alpha value is -0.0800. The van der Waals surface area contributed by atoms with Gasteiger partial charge in [0.15, 0.2) is 0 Å². The fourth-order valence-electron chi connectivity index (χ4n) is 5.99. The molecule has 0 spiro atoms. The minimum absolute atomic E-state index is 0.152. The lowest BCUT2D eigenvalue weighted by Crippen LogP contribution is -2.48. The van der Waals surface area contributed by atoms with Crippen LogP contribution in [0.25, 0.3) is 0 Å². The van der Waals surface area contributed by atoms with E-state index < -0.39 is 0 Å². The Balaban J connectivity index is 1.65. The Morgan fingerprint density at radius 3 is 2.05 bits per heavy atom. The minimum atomic E-state index is -0.152. The van der Waals surface area contributed by atoms with E-state index in [0.29, 0.717) is 17.9 Å². The maximum absolute atomic E-state index is 10.6. The average Bonchev–Trinajstić information content (AvgIpc) is 2.33. The van der Waals surface area contributed by atoms with Gasteiger partial charge in [-0.3, -0.25) is 0 Å². The van der Waals surface area contributed by atoms with Crippen LogP contribution < -0.4 is 5.73 Å². The summed E-state index contributed by atoms with van der Waals surface area (Å²) in [5.41, 5.74) is 6.36. The molecule has 0 aromatic carbocycles. The number of hydrogen-bond acceptors (Lipinski definition) is 2. The van der Waals surface area contributed by atoms with Crippen molar-refractivity contribution >= 4 is 0 Å². The highest BCUT2D eigenvalue weighted by molar-refractivity contribution is 5.02. The lowest BCUT2D eigenvalue weighted by atomic mass is 9.48. The summed E-state index contributed by atoms with van der Waals surface area (Å²) in [6.07, 6.45) is 11.8. The van der Waals surface area contributed by atoms with E-state index in [1.807, 2.05) is 0 Å². The van der Waals surface area contributed by atoms with Crippen molar-refractivity contribution in [3.63, 3.8) is 0 Å². The second-order valence-corrected chi connectivity index (χ2v) is 7.97. The van der Waals surface area contributed by atoms with Crippen molar-refractivity contribution in [3.8, 4) is 0 Å². The molecular weight excluding hydrogens is 234 g/mol. The van der Waals surface area contributed by atoms with Gasteiger partial charge in [-0.1, -0.05) is 13.3 Å². The van der Waals surface area contributed by atoms with E-state index in [2.05, 4.69) is 6.92 Å². The van der Waals surface area contributed by atoms with Crippen LogP contribution in [0.5, 0.6) is 0 Å². The zero-order valence-corrected chi connectivity index (χ0v) is 12.5. The quantitative estimate of drug-likeness (QED) is 0.774. The standard InChI is InChI=1S/C17H31NO/c1-2-3-15(11-18)16(19)10-17-7-12-4-13(8-17)6-14(5-12)9-17/h12-16,19H,2-11,18H2,1H3. The molecule has 0 heterocycles. The summed E-state index contributed by atoms with van der Waals surface area (Å²) < 4.78 is 0. The van der Waals surface area contributed by atoms with E-state index in [0.717, 1.165) is 37.0 Å². The first-order chi connectivity index (χ1) is 9.14. The summed E-state index contributed by atoms with van der Waals surface area (Å²) in [6.45, 7) is 2.85. The molecule has 0 aromatic heterocycles. The summed E-state index contributed by atoms with van der Waals surface area (Å²) in [7, 11) is 0. The van der Waals surface area contributed by atoms with Gasteiger partial charge in [0.05, 0.1) is 6.10 Å². The molecule has 0 aromatic rings. The van der Waals surface area contributed by atoms with Crippen LogP contribution in [0.3, 0.4) is 0 Å². The molecule has 2 heteroatoms. The van der Waals surface area contributed by atoms with Crippen molar-refractivity contribution in [2.75, 3.05) is 6.54 Å². The second kappa shape index (κ2) is 5.37. The van der Waals surface area contributed by atoms with Gasteiger partial charge in [-0.05, 0) is 87.0 Å². The molecule has 4 bridgehead atoms. The smallest absolute Gasteiger partial charge is 0.0585 e. The van der Waals surface area contributed by atoms with Gasteiger partial charge in [-0.15, -0.1) is 0 Å². The highest BCUT2D eigenvalue weighted by Gasteiger charge is 2.51. The third-order valence-corrected chi connectivity index (χ3v) is 6.31. The van der Waals surface area contributed by atoms with Gasteiger partial charge in [0.2, 0.25) is 0 Å². The van der Waals surface area contributed by atoms with E-state index >= 15 is 0 Å². The summed E-state index contributed by atoms with van der Waals surface area (Å²) in [5, 5.41) is 10.6. The van der Waals surface area contributed by atoms with Crippen LogP contribution in [0.15, 0.2) is 0 Å². The lowest BCUT2D eigenvalue weighted by Gasteiger charge is -2.57. The topological polar surface area (TPSA) is 46.2 Å². The van der Waals surface area contributed by atoms with Crippen LogP contribution in [-0.4, -0.2) is 17.8 Å². The zero-order chi connectivity index (χ0) is 13.5. The molecule has 110 valence electrons. The summed E-state index contributed by atoms with van der Waals surface area (Å²) >= 11 is 0. The van der Waals surface area contributed by atoms with Crippen molar-refractivity contribution in [2.24, 2.45) is 34.8 Å². The highest BCUT2D eigenvalue weighted by atomic mass is 16.3. The van der Waals surface area contributed by atoms with Crippen LogP contribution in [0.4, 0.5) is 0 Å². The molecule has 4 saturated carbocycles. The summed E-state index contributed by atoms with van der Waals surface area (Å²) in [4.78, 5) is 0. The molecule has 4 aliphatic carbocycles. The number of aliphatic hydroxyl groups excluding tert-OH is 1. The van der Waals surface area contributed by atoms with Crippen molar-refractivity contribution in [1.82, 2.24) is 0 Å². The molecule has 2 unspecified atom stereocenters. The zero-order valence-electron chi connectivity index (χ0n) is 12.5. The molecular formula is C17H31NO. The molecule has 4 rings (SSSR count). The second-order valence-electron chi connectivity index (χ2n) is 7.97.